The molecule has 35 heavy (non-hydrogen) atoms. The van der Waals surface area contributed by atoms with E-state index in [1.54, 1.807) is 0 Å². The quantitative estimate of drug-likeness (QED) is 0.156. The normalized spacial score (nSPS) is 12.7. The molecule has 0 aliphatic heterocycles. The first kappa shape index (κ1) is 18.2. The second-order valence-electron chi connectivity index (χ2n) is 9.74. The minimum atomic E-state index is 0.818. The van der Waals surface area contributed by atoms with Gasteiger partial charge in [0, 0.05) is 10.4 Å². The Kier molecular flexibility index (Phi) is 3.18. The highest BCUT2D eigenvalue weighted by atomic mass is 35.5. The number of hydrogen-bond acceptors (Lipinski definition) is 0. The molecule has 0 saturated heterocycles. The van der Waals surface area contributed by atoms with E-state index in [0.29, 0.717) is 0 Å². The molecule has 0 fully saturated rings. The highest BCUT2D eigenvalue weighted by Crippen LogP contribution is 2.50. The van der Waals surface area contributed by atoms with Crippen LogP contribution in [0.25, 0.3) is 86.2 Å². The second kappa shape index (κ2) is 6.10. The van der Waals surface area contributed by atoms with Gasteiger partial charge in [-0.2, -0.15) is 0 Å². The number of halogens is 1. The number of hydrogen-bond donors (Lipinski definition) is 0. The fourth-order valence-electron chi connectivity index (χ4n) is 6.92. The maximum Gasteiger partial charge on any atom is 0.0491 e. The van der Waals surface area contributed by atoms with Gasteiger partial charge in [0.05, 0.1) is 0 Å². The van der Waals surface area contributed by atoms with Crippen molar-refractivity contribution >= 4 is 97.8 Å². The molecule has 0 spiro atoms. The monoisotopic (exact) mass is 460 g/mol. The van der Waals surface area contributed by atoms with E-state index in [0.717, 1.165) is 10.4 Å². The summed E-state index contributed by atoms with van der Waals surface area (Å²) in [5, 5.41) is 21.6. The van der Waals surface area contributed by atoms with Crippen molar-refractivity contribution in [3.8, 4) is 0 Å². The van der Waals surface area contributed by atoms with Crippen LogP contribution in [0.3, 0.4) is 0 Å². The lowest BCUT2D eigenvalue weighted by molar-refractivity contribution is 1.79. The summed E-state index contributed by atoms with van der Waals surface area (Å²) in [5.41, 5.74) is 0. The number of benzene rings is 9. The van der Waals surface area contributed by atoms with Gasteiger partial charge < -0.3 is 0 Å². The van der Waals surface area contributed by atoms with Crippen LogP contribution >= 0.6 is 11.6 Å². The van der Waals surface area contributed by atoms with Crippen LogP contribution < -0.4 is 0 Å². The summed E-state index contributed by atoms with van der Waals surface area (Å²) >= 11 is 6.92. The molecule has 0 aliphatic rings. The summed E-state index contributed by atoms with van der Waals surface area (Å²) in [6.45, 7) is 0. The number of fused-ring (bicyclic) bond motifs is 6. The molecule has 0 N–H and O–H groups in total. The highest BCUT2D eigenvalue weighted by molar-refractivity contribution is 6.50. The van der Waals surface area contributed by atoms with Crippen LogP contribution in [-0.4, -0.2) is 0 Å². The fraction of sp³-hybridized carbons (Fsp3) is 0. The molecule has 0 aromatic heterocycles. The predicted molar refractivity (Wildman–Crippen MR) is 154 cm³/mol. The lowest BCUT2D eigenvalue weighted by Crippen LogP contribution is -1.93. The van der Waals surface area contributed by atoms with Gasteiger partial charge in [-0.3, -0.25) is 0 Å². The molecule has 0 radical (unpaired) electrons. The van der Waals surface area contributed by atoms with Crippen molar-refractivity contribution in [3.63, 3.8) is 0 Å². The number of rotatable bonds is 0. The molecule has 0 saturated carbocycles. The van der Waals surface area contributed by atoms with Gasteiger partial charge in [0.2, 0.25) is 0 Å². The maximum atomic E-state index is 6.92. The van der Waals surface area contributed by atoms with Gasteiger partial charge in [-0.25, -0.2) is 0 Å². The van der Waals surface area contributed by atoms with Crippen molar-refractivity contribution in [1.82, 2.24) is 0 Å². The third-order valence-corrected chi connectivity index (χ3v) is 8.48. The van der Waals surface area contributed by atoms with E-state index in [9.17, 15) is 0 Å². The van der Waals surface area contributed by atoms with Crippen LogP contribution in [-0.2, 0) is 0 Å². The Morgan fingerprint density at radius 3 is 1.26 bits per heavy atom. The Bertz CT molecular complexity index is 2320. The molecule has 160 valence electrons. The summed E-state index contributed by atoms with van der Waals surface area (Å²) in [6.07, 6.45) is 0. The molecule has 0 heterocycles. The lowest BCUT2D eigenvalue weighted by Gasteiger charge is -2.21. The van der Waals surface area contributed by atoms with Gasteiger partial charge in [-0.15, -0.1) is 0 Å². The standard InChI is InChI=1S/C34H17Cl/c35-27-17-16-19-8-3-12-23-29(19)34(27)26-15-5-14-25-31-22-11-2-7-18-6-1-9-20(28(18)22)21-10-4-13-24(30(21)31)32(23)33(25)26/h1-17H. The second-order valence-corrected chi connectivity index (χ2v) is 10.1. The average molecular weight is 461 g/mol. The van der Waals surface area contributed by atoms with E-state index in [1.807, 2.05) is 6.07 Å². The fourth-order valence-corrected chi connectivity index (χ4v) is 7.18. The molecule has 0 unspecified atom stereocenters. The summed E-state index contributed by atoms with van der Waals surface area (Å²) in [7, 11) is 0. The molecular formula is C34H17Cl. The first-order chi connectivity index (χ1) is 17.3. The van der Waals surface area contributed by atoms with Crippen molar-refractivity contribution < 1.29 is 0 Å². The van der Waals surface area contributed by atoms with E-state index in [4.69, 9.17) is 11.6 Å². The van der Waals surface area contributed by atoms with Crippen LogP contribution in [0, 0.1) is 0 Å². The van der Waals surface area contributed by atoms with Gasteiger partial charge in [-0.05, 0) is 86.9 Å². The highest BCUT2D eigenvalue weighted by Gasteiger charge is 2.21. The minimum absolute atomic E-state index is 0.818. The van der Waals surface area contributed by atoms with Gasteiger partial charge in [0.15, 0.2) is 0 Å². The summed E-state index contributed by atoms with van der Waals surface area (Å²) in [5.74, 6) is 0. The van der Waals surface area contributed by atoms with Crippen molar-refractivity contribution in [2.24, 2.45) is 0 Å². The minimum Gasteiger partial charge on any atom is -0.0836 e. The summed E-state index contributed by atoms with van der Waals surface area (Å²) < 4.78 is 0. The van der Waals surface area contributed by atoms with E-state index in [1.165, 1.54) is 80.8 Å². The molecular weight excluding hydrogens is 444 g/mol. The SMILES string of the molecule is Clc1ccc2cccc3c2c1c1cccc2c1c3c1cccc3c4cccc5cccc(c54)c2c31. The van der Waals surface area contributed by atoms with E-state index >= 15 is 0 Å². The van der Waals surface area contributed by atoms with E-state index < -0.39 is 0 Å². The summed E-state index contributed by atoms with van der Waals surface area (Å²) in [6, 6.07) is 37.9. The van der Waals surface area contributed by atoms with Crippen molar-refractivity contribution in [2.45, 2.75) is 0 Å². The van der Waals surface area contributed by atoms with Gasteiger partial charge in [-0.1, -0.05) is 109 Å². The molecule has 0 nitrogen and oxygen atoms in total. The molecule has 9 aromatic rings. The molecule has 1 heteroatoms. The molecule has 9 rings (SSSR count). The van der Waals surface area contributed by atoms with Crippen LogP contribution in [0.4, 0.5) is 0 Å². The van der Waals surface area contributed by atoms with Crippen LogP contribution in [0.5, 0.6) is 0 Å². The van der Waals surface area contributed by atoms with Gasteiger partial charge in [0.25, 0.3) is 0 Å². The smallest absolute Gasteiger partial charge is 0.0491 e. The van der Waals surface area contributed by atoms with Crippen LogP contribution in [0.1, 0.15) is 0 Å². The largest absolute Gasteiger partial charge is 0.0836 e. The predicted octanol–water partition coefficient (Wildman–Crippen LogP) is 10.4. The molecule has 0 aliphatic carbocycles. The zero-order valence-corrected chi connectivity index (χ0v) is 19.4. The molecule has 9 aromatic carbocycles. The van der Waals surface area contributed by atoms with Crippen molar-refractivity contribution in [2.75, 3.05) is 0 Å². The Morgan fingerprint density at radius 1 is 0.286 bits per heavy atom. The first-order valence-electron chi connectivity index (χ1n) is 12.1. The maximum absolute atomic E-state index is 6.92. The zero-order valence-electron chi connectivity index (χ0n) is 18.7. The lowest BCUT2D eigenvalue weighted by atomic mass is 9.82. The zero-order chi connectivity index (χ0) is 22.8. The van der Waals surface area contributed by atoms with Crippen LogP contribution in [0.15, 0.2) is 103 Å². The Labute approximate surface area is 205 Å². The molecule has 0 amide bonds. The van der Waals surface area contributed by atoms with Crippen LogP contribution in [0.2, 0.25) is 5.02 Å². The first-order valence-corrected chi connectivity index (χ1v) is 12.4. The Hall–Kier alpha value is -4.13. The van der Waals surface area contributed by atoms with Crippen molar-refractivity contribution in [3.05, 3.63) is 108 Å². The Morgan fingerprint density at radius 2 is 0.657 bits per heavy atom. The topological polar surface area (TPSA) is 0 Å². The third-order valence-electron chi connectivity index (χ3n) is 8.17. The third kappa shape index (κ3) is 2.03. The van der Waals surface area contributed by atoms with Gasteiger partial charge >= 0.3 is 0 Å². The summed E-state index contributed by atoms with van der Waals surface area (Å²) in [4.78, 5) is 0. The van der Waals surface area contributed by atoms with E-state index in [2.05, 4.69) is 97.1 Å². The molecule has 0 bridgehead atoms. The van der Waals surface area contributed by atoms with Crippen molar-refractivity contribution in [1.29, 1.82) is 0 Å². The van der Waals surface area contributed by atoms with Gasteiger partial charge in [0.1, 0.15) is 0 Å². The van der Waals surface area contributed by atoms with E-state index in [-0.39, 0.29) is 0 Å². The molecule has 0 atom stereocenters. The average Bonchev–Trinajstić information content (AvgIpc) is 2.90. The Balaban J connectivity index is 1.77.